The summed E-state index contributed by atoms with van der Waals surface area (Å²) in [6, 6.07) is 0. The molecule has 3 unspecified atom stereocenters. The van der Waals surface area contributed by atoms with Crippen LogP contribution in [0, 0.1) is 39.9 Å². The number of carbonyl (C=O) groups is 2. The van der Waals surface area contributed by atoms with Crippen LogP contribution in [0.25, 0.3) is 0 Å². The number of aliphatic hydroxyl groups is 1. The second-order valence-electron chi connectivity index (χ2n) is 10.4. The van der Waals surface area contributed by atoms with E-state index in [1.54, 1.807) is 0 Å². The van der Waals surface area contributed by atoms with Crippen molar-refractivity contribution in [3.05, 3.63) is 12.7 Å². The van der Waals surface area contributed by atoms with Gasteiger partial charge in [0.25, 0.3) is 0 Å². The number of esters is 1. The number of fused-ring (bicyclic) bond motifs is 1. The fourth-order valence-electron chi connectivity index (χ4n) is 7.61. The summed E-state index contributed by atoms with van der Waals surface area (Å²) in [4.78, 5) is 25.4. The van der Waals surface area contributed by atoms with Crippen LogP contribution in [-0.2, 0) is 14.3 Å². The summed E-state index contributed by atoms with van der Waals surface area (Å²) in [5, 5.41) is 11.3. The third-order valence-electron chi connectivity index (χ3n) is 9.35. The molecule has 0 aromatic carbocycles. The molecule has 5 saturated carbocycles. The first-order valence-corrected chi connectivity index (χ1v) is 12.1. The van der Waals surface area contributed by atoms with E-state index < -0.39 is 11.5 Å². The molecule has 1 spiro atoms. The van der Waals surface area contributed by atoms with Crippen LogP contribution in [0.3, 0.4) is 0 Å². The number of Topliss-reactive ketones (excluding diaryl/α,β-unsaturated/α-hetero) is 1. The van der Waals surface area contributed by atoms with E-state index in [-0.39, 0.29) is 34.7 Å². The van der Waals surface area contributed by atoms with Gasteiger partial charge in [-0.2, -0.15) is 11.8 Å². The zero-order valence-electron chi connectivity index (χ0n) is 17.6. The van der Waals surface area contributed by atoms with E-state index >= 15 is 0 Å². The second kappa shape index (κ2) is 6.60. The smallest absolute Gasteiger partial charge is 0.316 e. The number of carbonyl (C=O) groups excluding carboxylic acids is 2. The van der Waals surface area contributed by atoms with Crippen LogP contribution in [0.15, 0.2) is 12.7 Å². The summed E-state index contributed by atoms with van der Waals surface area (Å²) >= 11 is 1.47. The highest BCUT2D eigenvalue weighted by atomic mass is 32.2. The van der Waals surface area contributed by atoms with Crippen molar-refractivity contribution in [1.82, 2.24) is 0 Å². The Labute approximate surface area is 172 Å². The van der Waals surface area contributed by atoms with E-state index in [0.29, 0.717) is 36.2 Å². The maximum absolute atomic E-state index is 12.8. The Balaban J connectivity index is 1.81. The molecule has 0 saturated heterocycles. The SMILES string of the molecule is C=C[C@]1(C)C[C@@H](OC(=O)CSC)[C@]2(C)C(C)CC3C4C(=O)CC[C@@]3(C[C@@H]1O)[C@@H]42. The number of ketones is 1. The molecule has 1 N–H and O–H groups in total. The molecule has 9 atom stereocenters. The van der Waals surface area contributed by atoms with Gasteiger partial charge in [0.2, 0.25) is 0 Å². The first-order valence-electron chi connectivity index (χ1n) is 10.7. The molecule has 0 aromatic rings. The van der Waals surface area contributed by atoms with Gasteiger partial charge in [0.1, 0.15) is 11.9 Å². The fraction of sp³-hybridized carbons (Fsp3) is 0.826. The number of thioether (sulfide) groups is 1. The fourth-order valence-corrected chi connectivity index (χ4v) is 7.91. The van der Waals surface area contributed by atoms with Crippen molar-refractivity contribution in [1.29, 1.82) is 0 Å². The maximum Gasteiger partial charge on any atom is 0.316 e. The van der Waals surface area contributed by atoms with Crippen molar-refractivity contribution < 1.29 is 19.4 Å². The molecule has 0 aliphatic heterocycles. The zero-order valence-corrected chi connectivity index (χ0v) is 18.4. The molecule has 0 amide bonds. The van der Waals surface area contributed by atoms with Gasteiger partial charge in [-0.25, -0.2) is 0 Å². The van der Waals surface area contributed by atoms with Crippen LogP contribution in [-0.4, -0.2) is 41.1 Å². The highest BCUT2D eigenvalue weighted by Crippen LogP contribution is 2.78. The average Bonchev–Trinajstić information content (AvgIpc) is 2.64. The van der Waals surface area contributed by atoms with Crippen LogP contribution in [0.1, 0.15) is 52.9 Å². The number of hydrogen-bond donors (Lipinski definition) is 1. The lowest BCUT2D eigenvalue weighted by atomic mass is 9.27. The quantitative estimate of drug-likeness (QED) is 0.567. The van der Waals surface area contributed by atoms with Crippen molar-refractivity contribution in [2.45, 2.75) is 65.1 Å². The lowest BCUT2D eigenvalue weighted by Crippen LogP contribution is -2.76. The third kappa shape index (κ3) is 2.47. The van der Waals surface area contributed by atoms with Gasteiger partial charge >= 0.3 is 5.97 Å². The number of ether oxygens (including phenoxy) is 1. The van der Waals surface area contributed by atoms with Gasteiger partial charge in [-0.3, -0.25) is 9.59 Å². The molecule has 28 heavy (non-hydrogen) atoms. The maximum atomic E-state index is 12.8. The number of aliphatic hydroxyl groups excluding tert-OH is 1. The third-order valence-corrected chi connectivity index (χ3v) is 9.88. The molecule has 5 fully saturated rings. The van der Waals surface area contributed by atoms with Gasteiger partial charge in [-0.05, 0) is 55.1 Å². The Morgan fingerprint density at radius 3 is 2.75 bits per heavy atom. The molecule has 0 heterocycles. The highest BCUT2D eigenvalue weighted by Gasteiger charge is 2.77. The molecular weight excluding hydrogens is 372 g/mol. The molecule has 5 rings (SSSR count). The van der Waals surface area contributed by atoms with Crippen molar-refractivity contribution in [3.63, 3.8) is 0 Å². The van der Waals surface area contributed by atoms with Gasteiger partial charge in [0, 0.05) is 23.2 Å². The van der Waals surface area contributed by atoms with Crippen LogP contribution in [0.4, 0.5) is 0 Å². The summed E-state index contributed by atoms with van der Waals surface area (Å²) < 4.78 is 6.13. The number of rotatable bonds is 4. The molecule has 5 aliphatic rings. The molecule has 5 aliphatic carbocycles. The van der Waals surface area contributed by atoms with Crippen molar-refractivity contribution >= 4 is 23.5 Å². The minimum atomic E-state index is -0.524. The van der Waals surface area contributed by atoms with E-state index in [0.717, 1.165) is 19.3 Å². The lowest BCUT2D eigenvalue weighted by molar-refractivity contribution is -0.303. The number of hydrogen-bond acceptors (Lipinski definition) is 5. The second-order valence-corrected chi connectivity index (χ2v) is 11.2. The normalized spacial score (nSPS) is 52.1. The largest absolute Gasteiger partial charge is 0.461 e. The Hall–Kier alpha value is -0.810. The predicted octanol–water partition coefficient (Wildman–Crippen LogP) is 3.87. The first kappa shape index (κ1) is 20.5. The summed E-state index contributed by atoms with van der Waals surface area (Å²) in [5.41, 5.74) is -0.735. The van der Waals surface area contributed by atoms with E-state index in [1.807, 2.05) is 19.3 Å². The standard InChI is InChI=1S/C23H34O4S/c1-6-21(3)11-17(27-18(26)12-28-5)22(4)13(2)9-14-19-15(24)7-8-23(14,20(19)22)10-16(21)25/h6,13-14,16-17,19-20,25H,1,7-12H2,2-5H3/t13?,14?,16-,17+,19?,20-,21+,22-,23-/m0/s1. The minimum absolute atomic E-state index is 0.00804. The van der Waals surface area contributed by atoms with Crippen LogP contribution in [0.2, 0.25) is 0 Å². The first-order chi connectivity index (χ1) is 13.1. The molecule has 5 heteroatoms. The molecule has 5 bridgehead atoms. The van der Waals surface area contributed by atoms with Gasteiger partial charge in [0.05, 0.1) is 11.9 Å². The Morgan fingerprint density at radius 2 is 2.11 bits per heavy atom. The van der Waals surface area contributed by atoms with Gasteiger partial charge < -0.3 is 9.84 Å². The topological polar surface area (TPSA) is 63.6 Å². The average molecular weight is 407 g/mol. The molecular formula is C23H34O4S. The van der Waals surface area contributed by atoms with Crippen molar-refractivity contribution in [2.75, 3.05) is 12.0 Å². The Morgan fingerprint density at radius 1 is 1.39 bits per heavy atom. The molecule has 0 radical (unpaired) electrons. The molecule has 156 valence electrons. The predicted molar refractivity (Wildman–Crippen MR) is 111 cm³/mol. The summed E-state index contributed by atoms with van der Waals surface area (Å²) in [6.45, 7) is 10.6. The zero-order chi connectivity index (χ0) is 20.5. The van der Waals surface area contributed by atoms with Crippen LogP contribution in [0.5, 0.6) is 0 Å². The van der Waals surface area contributed by atoms with E-state index in [2.05, 4.69) is 20.4 Å². The monoisotopic (exact) mass is 406 g/mol. The van der Waals surface area contributed by atoms with E-state index in [1.165, 1.54) is 11.8 Å². The minimum Gasteiger partial charge on any atom is -0.461 e. The van der Waals surface area contributed by atoms with Crippen LogP contribution < -0.4 is 0 Å². The summed E-state index contributed by atoms with van der Waals surface area (Å²) in [6.07, 6.45) is 6.73. The highest BCUT2D eigenvalue weighted by molar-refractivity contribution is 7.99. The van der Waals surface area contributed by atoms with Gasteiger partial charge in [-0.1, -0.05) is 26.8 Å². The summed E-state index contributed by atoms with van der Waals surface area (Å²) in [7, 11) is 0. The van der Waals surface area contributed by atoms with Crippen molar-refractivity contribution in [2.24, 2.45) is 39.9 Å². The molecule has 0 aromatic heterocycles. The van der Waals surface area contributed by atoms with E-state index in [9.17, 15) is 14.7 Å². The summed E-state index contributed by atoms with van der Waals surface area (Å²) in [5.74, 6) is 1.60. The Kier molecular flexibility index (Phi) is 4.82. The van der Waals surface area contributed by atoms with Gasteiger partial charge in [0.15, 0.2) is 0 Å². The van der Waals surface area contributed by atoms with E-state index in [4.69, 9.17) is 4.74 Å². The Bertz CT molecular complexity index is 707. The lowest BCUT2D eigenvalue weighted by Gasteiger charge is -2.77. The molecule has 4 nitrogen and oxygen atoms in total. The van der Waals surface area contributed by atoms with Gasteiger partial charge in [-0.15, -0.1) is 6.58 Å². The van der Waals surface area contributed by atoms with Crippen molar-refractivity contribution in [3.8, 4) is 0 Å². The van der Waals surface area contributed by atoms with Crippen LogP contribution >= 0.6 is 11.8 Å².